The van der Waals surface area contributed by atoms with Gasteiger partial charge in [0.25, 0.3) is 5.91 Å². The molecule has 0 aliphatic carbocycles. The van der Waals surface area contributed by atoms with Gasteiger partial charge >= 0.3 is 0 Å². The molecule has 1 heterocycles. The molecule has 2 rings (SSSR count). The number of carbonyl (C=O) groups is 1. The number of methoxy groups -OCH3 is 1. The molecule has 1 atom stereocenters. The van der Waals surface area contributed by atoms with E-state index in [0.29, 0.717) is 27.9 Å². The average Bonchev–Trinajstić information content (AvgIpc) is 3.03. The first-order chi connectivity index (χ1) is 11.5. The average molecular weight is 352 g/mol. The van der Waals surface area contributed by atoms with E-state index in [1.54, 1.807) is 31.4 Å². The van der Waals surface area contributed by atoms with Crippen LogP contribution in [0.3, 0.4) is 0 Å². The predicted octanol–water partition coefficient (Wildman–Crippen LogP) is 3.57. The van der Waals surface area contributed by atoms with Crippen molar-refractivity contribution in [2.75, 3.05) is 7.11 Å². The van der Waals surface area contributed by atoms with E-state index in [-0.39, 0.29) is 18.6 Å². The van der Waals surface area contributed by atoms with E-state index in [4.69, 9.17) is 21.1 Å². The van der Waals surface area contributed by atoms with Crippen molar-refractivity contribution in [3.63, 3.8) is 0 Å². The number of halogens is 1. The summed E-state index contributed by atoms with van der Waals surface area (Å²) in [5.74, 6) is 1.00. The summed E-state index contributed by atoms with van der Waals surface area (Å²) in [6, 6.07) is 6.97. The summed E-state index contributed by atoms with van der Waals surface area (Å²) in [6.45, 7) is 4.29. The topological polar surface area (TPSA) is 76.2 Å². The Balaban J connectivity index is 1.93. The van der Waals surface area contributed by atoms with Crippen molar-refractivity contribution in [2.45, 2.75) is 39.3 Å². The summed E-state index contributed by atoms with van der Waals surface area (Å²) in [7, 11) is 1.57. The van der Waals surface area contributed by atoms with Gasteiger partial charge in [-0.05, 0) is 31.5 Å². The molecule has 7 heteroatoms. The number of amides is 1. The molecule has 0 unspecified atom stereocenters. The lowest BCUT2D eigenvalue weighted by atomic mass is 10.2. The van der Waals surface area contributed by atoms with Crippen LogP contribution in [0.25, 0.3) is 0 Å². The predicted molar refractivity (Wildman–Crippen MR) is 92.8 cm³/mol. The van der Waals surface area contributed by atoms with E-state index in [9.17, 15) is 4.79 Å². The number of H-pyrrole nitrogens is 1. The van der Waals surface area contributed by atoms with Crippen molar-refractivity contribution < 1.29 is 14.3 Å². The largest absolute Gasteiger partial charge is 0.497 e. The molecule has 0 aliphatic rings. The molecule has 2 N–H and O–H groups in total. The molecule has 1 amide bonds. The number of ether oxygens (including phenoxy) is 2. The normalized spacial score (nSPS) is 11.8. The number of aromatic amines is 1. The van der Waals surface area contributed by atoms with Crippen LogP contribution in [0.5, 0.6) is 11.5 Å². The van der Waals surface area contributed by atoms with Crippen LogP contribution in [0.2, 0.25) is 5.02 Å². The number of nitrogens with one attached hydrogen (secondary N) is 2. The van der Waals surface area contributed by atoms with Crippen LogP contribution in [0.4, 0.5) is 0 Å². The molecule has 24 heavy (non-hydrogen) atoms. The minimum Gasteiger partial charge on any atom is -0.497 e. The number of nitrogens with zero attached hydrogens (tertiary/aromatic N) is 1. The smallest absolute Gasteiger partial charge is 0.271 e. The fraction of sp³-hybridized carbons (Fsp3) is 0.412. The minimum absolute atomic E-state index is 0.122. The molecule has 1 aromatic carbocycles. The molecule has 0 saturated heterocycles. The maximum atomic E-state index is 12.1. The fourth-order valence-corrected chi connectivity index (χ4v) is 2.46. The number of carbonyl (C=O) groups excluding carboxylic acids is 1. The number of hydrogen-bond donors (Lipinski definition) is 2. The molecule has 130 valence electrons. The molecular weight excluding hydrogens is 330 g/mol. The van der Waals surface area contributed by atoms with Gasteiger partial charge in [0, 0.05) is 12.1 Å². The van der Waals surface area contributed by atoms with E-state index >= 15 is 0 Å². The molecule has 0 spiro atoms. The van der Waals surface area contributed by atoms with Crippen LogP contribution in [-0.2, 0) is 6.61 Å². The third-order valence-electron chi connectivity index (χ3n) is 3.48. The van der Waals surface area contributed by atoms with E-state index in [0.717, 1.165) is 12.8 Å². The summed E-state index contributed by atoms with van der Waals surface area (Å²) in [5, 5.41) is 10.2. The van der Waals surface area contributed by atoms with Crippen molar-refractivity contribution in [1.82, 2.24) is 15.5 Å². The molecule has 0 fully saturated rings. The molecule has 0 saturated carbocycles. The van der Waals surface area contributed by atoms with Crippen LogP contribution in [0, 0.1) is 0 Å². The lowest BCUT2D eigenvalue weighted by Gasteiger charge is -2.10. The highest BCUT2D eigenvalue weighted by Crippen LogP contribution is 2.29. The zero-order valence-corrected chi connectivity index (χ0v) is 14.8. The van der Waals surface area contributed by atoms with E-state index in [1.807, 2.05) is 6.92 Å². The second-order valence-electron chi connectivity index (χ2n) is 5.53. The Morgan fingerprint density at radius 2 is 2.21 bits per heavy atom. The Kier molecular flexibility index (Phi) is 6.49. The first kappa shape index (κ1) is 18.1. The first-order valence-electron chi connectivity index (χ1n) is 7.85. The molecule has 0 bridgehead atoms. The Morgan fingerprint density at radius 3 is 2.88 bits per heavy atom. The van der Waals surface area contributed by atoms with Gasteiger partial charge in [-0.15, -0.1) is 0 Å². The standard InChI is InChI=1S/C17H22ClN3O3/c1-4-5-11(2)19-17(22)15-8-12(20-21-15)10-24-16-7-6-13(23-3)9-14(16)18/h6-9,11H,4-5,10H2,1-3H3,(H,19,22)(H,20,21)/t11-/m1/s1. The van der Waals surface area contributed by atoms with Crippen LogP contribution in [-0.4, -0.2) is 29.3 Å². The zero-order valence-electron chi connectivity index (χ0n) is 14.1. The molecule has 1 aromatic heterocycles. The lowest BCUT2D eigenvalue weighted by molar-refractivity contribution is 0.0933. The first-order valence-corrected chi connectivity index (χ1v) is 8.22. The Bertz CT molecular complexity index is 687. The van der Waals surface area contributed by atoms with Gasteiger partial charge in [0.05, 0.1) is 17.8 Å². The molecule has 6 nitrogen and oxygen atoms in total. The summed E-state index contributed by atoms with van der Waals surface area (Å²) in [6.07, 6.45) is 1.95. The zero-order chi connectivity index (χ0) is 17.5. The summed E-state index contributed by atoms with van der Waals surface area (Å²) < 4.78 is 10.7. The van der Waals surface area contributed by atoms with Gasteiger partial charge in [-0.1, -0.05) is 24.9 Å². The maximum Gasteiger partial charge on any atom is 0.271 e. The SMILES string of the molecule is CCC[C@@H](C)NC(=O)c1cc(COc2ccc(OC)cc2Cl)[nH]n1. The van der Waals surface area contributed by atoms with E-state index in [1.165, 1.54) is 0 Å². The van der Waals surface area contributed by atoms with Crippen LogP contribution in [0.15, 0.2) is 24.3 Å². The third-order valence-corrected chi connectivity index (χ3v) is 3.78. The quantitative estimate of drug-likeness (QED) is 0.762. The Hall–Kier alpha value is -2.21. The van der Waals surface area contributed by atoms with Gasteiger partial charge < -0.3 is 14.8 Å². The number of rotatable bonds is 8. The summed E-state index contributed by atoms with van der Waals surface area (Å²) in [4.78, 5) is 12.1. The van der Waals surface area contributed by atoms with Gasteiger partial charge in [0.15, 0.2) is 0 Å². The van der Waals surface area contributed by atoms with Crippen molar-refractivity contribution in [2.24, 2.45) is 0 Å². The monoisotopic (exact) mass is 351 g/mol. The van der Waals surface area contributed by atoms with Crippen molar-refractivity contribution in [1.29, 1.82) is 0 Å². The van der Waals surface area contributed by atoms with Gasteiger partial charge in [0.1, 0.15) is 23.8 Å². The number of benzene rings is 1. The van der Waals surface area contributed by atoms with Gasteiger partial charge in [-0.2, -0.15) is 5.10 Å². The van der Waals surface area contributed by atoms with Gasteiger partial charge in [-0.25, -0.2) is 0 Å². The highest BCUT2D eigenvalue weighted by molar-refractivity contribution is 6.32. The van der Waals surface area contributed by atoms with Crippen molar-refractivity contribution in [3.05, 3.63) is 40.7 Å². The van der Waals surface area contributed by atoms with Crippen LogP contribution >= 0.6 is 11.6 Å². The molecule has 2 aromatic rings. The van der Waals surface area contributed by atoms with Gasteiger partial charge in [-0.3, -0.25) is 9.89 Å². The summed E-state index contributed by atoms with van der Waals surface area (Å²) >= 11 is 6.12. The van der Waals surface area contributed by atoms with Crippen LogP contribution in [0.1, 0.15) is 42.9 Å². The number of hydrogen-bond acceptors (Lipinski definition) is 4. The fourth-order valence-electron chi connectivity index (χ4n) is 2.24. The molecule has 0 aliphatic heterocycles. The Labute approximate surface area is 146 Å². The Morgan fingerprint density at radius 1 is 1.42 bits per heavy atom. The van der Waals surface area contributed by atoms with E-state index in [2.05, 4.69) is 22.4 Å². The third kappa shape index (κ3) is 4.89. The second kappa shape index (κ2) is 8.59. The second-order valence-corrected chi connectivity index (χ2v) is 5.93. The maximum absolute atomic E-state index is 12.1. The number of aromatic nitrogens is 2. The van der Waals surface area contributed by atoms with E-state index < -0.39 is 0 Å². The van der Waals surface area contributed by atoms with Crippen LogP contribution < -0.4 is 14.8 Å². The minimum atomic E-state index is -0.194. The van der Waals surface area contributed by atoms with Gasteiger partial charge in [0.2, 0.25) is 0 Å². The lowest BCUT2D eigenvalue weighted by Crippen LogP contribution is -2.32. The van der Waals surface area contributed by atoms with Crippen molar-refractivity contribution >= 4 is 17.5 Å². The highest BCUT2D eigenvalue weighted by atomic mass is 35.5. The highest BCUT2D eigenvalue weighted by Gasteiger charge is 2.13. The molecule has 0 radical (unpaired) electrons. The summed E-state index contributed by atoms with van der Waals surface area (Å²) in [5.41, 5.74) is 1.03. The molecular formula is C17H22ClN3O3. The van der Waals surface area contributed by atoms with Crippen molar-refractivity contribution in [3.8, 4) is 11.5 Å².